The van der Waals surface area contributed by atoms with Gasteiger partial charge in [-0.1, -0.05) is 55.4 Å². The van der Waals surface area contributed by atoms with Gasteiger partial charge in [0.25, 0.3) is 0 Å². The van der Waals surface area contributed by atoms with Crippen LogP contribution in [0.15, 0.2) is 46.8 Å². The summed E-state index contributed by atoms with van der Waals surface area (Å²) in [5.74, 6) is 0.973. The van der Waals surface area contributed by atoms with E-state index in [4.69, 9.17) is 0 Å². The zero-order valence-electron chi connectivity index (χ0n) is 16.8. The van der Waals surface area contributed by atoms with Gasteiger partial charge >= 0.3 is 0 Å². The number of aryl methyl sites for hydroxylation is 2. The fraction of sp³-hybridized carbons (Fsp3) is 0.318. The van der Waals surface area contributed by atoms with E-state index in [1.807, 2.05) is 6.92 Å². The molecule has 1 amide bonds. The molecule has 1 N–H and O–H groups in total. The van der Waals surface area contributed by atoms with Crippen molar-refractivity contribution in [3.63, 3.8) is 0 Å². The minimum Gasteiger partial charge on any atom is -0.351 e. The highest BCUT2D eigenvalue weighted by molar-refractivity contribution is 8.00. The minimum absolute atomic E-state index is 0.0333. The summed E-state index contributed by atoms with van der Waals surface area (Å²) in [4.78, 5) is 12.8. The van der Waals surface area contributed by atoms with Crippen molar-refractivity contribution in [2.45, 2.75) is 50.4 Å². The lowest BCUT2D eigenvalue weighted by Gasteiger charge is -2.15. The Morgan fingerprint density at radius 1 is 1.17 bits per heavy atom. The largest absolute Gasteiger partial charge is 0.351 e. The van der Waals surface area contributed by atoms with Crippen molar-refractivity contribution < 1.29 is 4.79 Å². The van der Waals surface area contributed by atoms with Gasteiger partial charge in [0, 0.05) is 13.0 Å². The number of carbonyl (C=O) groups excluding carboxylic acids is 1. The predicted octanol–water partition coefficient (Wildman–Crippen LogP) is 5.00. The highest BCUT2D eigenvalue weighted by atomic mass is 32.2. The number of rotatable bonds is 7. The van der Waals surface area contributed by atoms with Crippen molar-refractivity contribution in [1.29, 1.82) is 0 Å². The number of benzene rings is 1. The van der Waals surface area contributed by atoms with Crippen LogP contribution >= 0.6 is 23.1 Å². The molecule has 3 aromatic heterocycles. The normalized spacial score (nSPS) is 12.5. The second-order valence-electron chi connectivity index (χ2n) is 7.03. The van der Waals surface area contributed by atoms with Crippen molar-refractivity contribution in [3.8, 4) is 0 Å². The van der Waals surface area contributed by atoms with Gasteiger partial charge in [0.05, 0.1) is 21.0 Å². The molecule has 0 spiro atoms. The molecule has 0 bridgehead atoms. The summed E-state index contributed by atoms with van der Waals surface area (Å²) in [6, 6.07) is 12.5. The lowest BCUT2D eigenvalue weighted by Crippen LogP contribution is -2.32. The number of fused-ring (bicyclic) bond motifs is 3. The second kappa shape index (κ2) is 8.55. The standard InChI is InChI=1S/C22H24N4OS2/c1-4-18(21(27)23-13-15-8-6-14(3)7-9-15)29-22-17-12-19-16(10-11-28-19)26(17)20(5-2)24-25-22/h6-12,18H,4-5,13H2,1-3H3,(H,23,27)/t18-/m0/s1. The SMILES string of the molecule is CCc1nnc(S[C@@H](CC)C(=O)NCc2ccc(C)cc2)c2cc3sccc3n12. The average Bonchev–Trinajstić information content (AvgIpc) is 3.33. The van der Waals surface area contributed by atoms with Crippen LogP contribution in [0.3, 0.4) is 0 Å². The lowest BCUT2D eigenvalue weighted by molar-refractivity contribution is -0.120. The van der Waals surface area contributed by atoms with Crippen molar-refractivity contribution >= 4 is 44.7 Å². The van der Waals surface area contributed by atoms with Crippen LogP contribution in [0.4, 0.5) is 0 Å². The number of thiophene rings is 1. The third kappa shape index (κ3) is 4.02. The average molecular weight is 425 g/mol. The van der Waals surface area contributed by atoms with E-state index >= 15 is 0 Å². The smallest absolute Gasteiger partial charge is 0.233 e. The van der Waals surface area contributed by atoms with Crippen molar-refractivity contribution in [2.75, 3.05) is 0 Å². The fourth-order valence-corrected chi connectivity index (χ4v) is 5.13. The first-order valence-electron chi connectivity index (χ1n) is 9.84. The maximum absolute atomic E-state index is 12.8. The van der Waals surface area contributed by atoms with Gasteiger partial charge in [0.15, 0.2) is 0 Å². The highest BCUT2D eigenvalue weighted by Gasteiger charge is 2.22. The topological polar surface area (TPSA) is 59.3 Å². The molecule has 1 aromatic carbocycles. The monoisotopic (exact) mass is 424 g/mol. The van der Waals surface area contributed by atoms with Gasteiger partial charge in [-0.3, -0.25) is 9.20 Å². The molecule has 0 saturated carbocycles. The van der Waals surface area contributed by atoms with Crippen molar-refractivity contribution in [3.05, 3.63) is 58.7 Å². The van der Waals surface area contributed by atoms with Gasteiger partial charge in [-0.15, -0.1) is 21.5 Å². The zero-order valence-corrected chi connectivity index (χ0v) is 18.4. The number of nitrogens with zero attached hydrogens (tertiary/aromatic N) is 3. The Morgan fingerprint density at radius 2 is 1.97 bits per heavy atom. The molecule has 0 aliphatic rings. The Balaban J connectivity index is 1.55. The predicted molar refractivity (Wildman–Crippen MR) is 121 cm³/mol. The number of hydrogen-bond donors (Lipinski definition) is 1. The van der Waals surface area contributed by atoms with Gasteiger partial charge in [0.2, 0.25) is 5.91 Å². The van der Waals surface area contributed by atoms with Crippen molar-refractivity contribution in [2.24, 2.45) is 0 Å². The van der Waals surface area contributed by atoms with Gasteiger partial charge < -0.3 is 5.32 Å². The van der Waals surface area contributed by atoms with Crippen LogP contribution in [0.1, 0.15) is 37.2 Å². The fourth-order valence-electron chi connectivity index (χ4n) is 3.34. The van der Waals surface area contributed by atoms with Gasteiger partial charge in [-0.2, -0.15) is 0 Å². The number of nitrogens with one attached hydrogen (secondary N) is 1. The maximum atomic E-state index is 12.8. The van der Waals surface area contributed by atoms with Gasteiger partial charge in [0.1, 0.15) is 10.9 Å². The van der Waals surface area contributed by atoms with E-state index in [0.29, 0.717) is 6.54 Å². The number of carbonyl (C=O) groups is 1. The van der Waals surface area contributed by atoms with Crippen LogP contribution in [-0.4, -0.2) is 25.8 Å². The molecule has 4 aromatic rings. The first-order valence-corrected chi connectivity index (χ1v) is 11.6. The molecule has 29 heavy (non-hydrogen) atoms. The summed E-state index contributed by atoms with van der Waals surface area (Å²) < 4.78 is 3.39. The maximum Gasteiger partial charge on any atom is 0.233 e. The van der Waals surface area contributed by atoms with E-state index in [1.54, 1.807) is 11.3 Å². The van der Waals surface area contributed by atoms with Crippen LogP contribution in [0.2, 0.25) is 0 Å². The van der Waals surface area contributed by atoms with Crippen LogP contribution in [0, 0.1) is 6.92 Å². The summed E-state index contributed by atoms with van der Waals surface area (Å²) in [7, 11) is 0. The molecule has 0 fully saturated rings. The summed E-state index contributed by atoms with van der Waals surface area (Å²) in [6.07, 6.45) is 1.53. The Kier molecular flexibility index (Phi) is 5.87. The molecule has 0 unspecified atom stereocenters. The van der Waals surface area contributed by atoms with Crippen LogP contribution in [0.25, 0.3) is 15.7 Å². The molecule has 0 radical (unpaired) electrons. The molecular weight excluding hydrogens is 400 g/mol. The highest BCUT2D eigenvalue weighted by Crippen LogP contribution is 2.33. The van der Waals surface area contributed by atoms with E-state index in [0.717, 1.165) is 40.3 Å². The molecule has 150 valence electrons. The molecule has 7 heteroatoms. The first kappa shape index (κ1) is 19.9. The third-order valence-corrected chi connectivity index (χ3v) is 7.18. The Morgan fingerprint density at radius 3 is 2.69 bits per heavy atom. The van der Waals surface area contributed by atoms with E-state index in [9.17, 15) is 4.79 Å². The Hall–Kier alpha value is -2.38. The molecule has 0 aliphatic carbocycles. The second-order valence-corrected chi connectivity index (χ2v) is 9.17. The molecule has 3 heterocycles. The third-order valence-electron chi connectivity index (χ3n) is 4.98. The summed E-state index contributed by atoms with van der Waals surface area (Å²) in [5.41, 5.74) is 4.52. The number of thioether (sulfide) groups is 1. The molecule has 4 rings (SSSR count). The first-order chi connectivity index (χ1) is 14.1. The minimum atomic E-state index is -0.209. The number of aromatic nitrogens is 3. The Bertz CT molecular complexity index is 1150. The molecule has 1 atom stereocenters. The molecule has 5 nitrogen and oxygen atoms in total. The van der Waals surface area contributed by atoms with E-state index < -0.39 is 0 Å². The van der Waals surface area contributed by atoms with E-state index in [-0.39, 0.29) is 11.2 Å². The lowest BCUT2D eigenvalue weighted by atomic mass is 10.1. The van der Waals surface area contributed by atoms with Gasteiger partial charge in [-0.25, -0.2) is 0 Å². The number of hydrogen-bond acceptors (Lipinski definition) is 5. The Labute approximate surface area is 178 Å². The molecule has 0 aliphatic heterocycles. The van der Waals surface area contributed by atoms with Crippen LogP contribution < -0.4 is 5.32 Å². The van der Waals surface area contributed by atoms with Crippen LogP contribution in [0.5, 0.6) is 0 Å². The molecular formula is C22H24N4OS2. The van der Waals surface area contributed by atoms with Crippen molar-refractivity contribution in [1.82, 2.24) is 19.9 Å². The molecule has 0 saturated heterocycles. The quantitative estimate of drug-likeness (QED) is 0.424. The van der Waals surface area contributed by atoms with E-state index in [2.05, 4.69) is 75.5 Å². The van der Waals surface area contributed by atoms with Gasteiger partial charge in [-0.05, 0) is 36.4 Å². The summed E-state index contributed by atoms with van der Waals surface area (Å²) in [5, 5.41) is 14.7. The van der Waals surface area contributed by atoms with E-state index in [1.165, 1.54) is 22.0 Å². The summed E-state index contributed by atoms with van der Waals surface area (Å²) >= 11 is 3.21. The number of amides is 1. The van der Waals surface area contributed by atoms with Crippen LogP contribution in [-0.2, 0) is 17.8 Å². The summed E-state index contributed by atoms with van der Waals surface area (Å²) in [6.45, 7) is 6.71. The zero-order chi connectivity index (χ0) is 20.4.